The van der Waals surface area contributed by atoms with Crippen LogP contribution in [0.15, 0.2) is 40.4 Å². The van der Waals surface area contributed by atoms with E-state index in [1.165, 1.54) is 38.2 Å². The minimum Gasteiger partial charge on any atom is -0.326 e. The van der Waals surface area contributed by atoms with Gasteiger partial charge in [0.15, 0.2) is 5.65 Å². The lowest BCUT2D eigenvalue weighted by atomic mass is 10.3. The van der Waals surface area contributed by atoms with Crippen LogP contribution >= 0.6 is 11.6 Å². The van der Waals surface area contributed by atoms with Crippen LogP contribution in [0.2, 0.25) is 5.02 Å². The fraction of sp³-hybridized carbons (Fsp3) is 0.368. The fourth-order valence-electron chi connectivity index (χ4n) is 3.52. The van der Waals surface area contributed by atoms with E-state index < -0.39 is 10.0 Å². The Kier molecular flexibility index (Phi) is 5.82. The summed E-state index contributed by atoms with van der Waals surface area (Å²) in [6.45, 7) is 1.04. The van der Waals surface area contributed by atoms with Crippen molar-refractivity contribution in [2.24, 2.45) is 7.05 Å². The van der Waals surface area contributed by atoms with E-state index >= 15 is 0 Å². The number of rotatable bonds is 6. The van der Waals surface area contributed by atoms with Gasteiger partial charge in [0.2, 0.25) is 15.9 Å². The zero-order valence-corrected chi connectivity index (χ0v) is 18.4. The highest BCUT2D eigenvalue weighted by Crippen LogP contribution is 2.29. The number of carbonyl (C=O) groups excluding carboxylic acids is 1. The molecule has 3 aromatic rings. The number of nitrogens with one attached hydrogen (secondary N) is 1. The predicted molar refractivity (Wildman–Crippen MR) is 115 cm³/mol. The van der Waals surface area contributed by atoms with Crippen molar-refractivity contribution in [3.05, 3.63) is 46.1 Å². The molecular weight excluding hydrogens is 444 g/mol. The largest absolute Gasteiger partial charge is 0.326 e. The molecule has 4 rings (SSSR count). The quantitative estimate of drug-likeness (QED) is 0.591. The van der Waals surface area contributed by atoms with Crippen molar-refractivity contribution in [3.63, 3.8) is 0 Å². The van der Waals surface area contributed by atoms with Crippen LogP contribution in [0.5, 0.6) is 0 Å². The maximum Gasteiger partial charge on any atom is 0.264 e. The number of hydrogen-bond donors (Lipinski definition) is 1. The van der Waals surface area contributed by atoms with Crippen LogP contribution in [0.1, 0.15) is 19.3 Å². The lowest BCUT2D eigenvalue weighted by Gasteiger charge is -2.17. The molecule has 1 fully saturated rings. The van der Waals surface area contributed by atoms with E-state index in [0.717, 1.165) is 12.8 Å². The zero-order valence-electron chi connectivity index (χ0n) is 16.8. The second kappa shape index (κ2) is 8.40. The lowest BCUT2D eigenvalue weighted by molar-refractivity contribution is -0.116. The molecule has 1 N–H and O–H groups in total. The number of nitrogens with zero attached hydrogens (tertiary/aromatic N) is 5. The normalized spacial score (nSPS) is 14.9. The summed E-state index contributed by atoms with van der Waals surface area (Å²) in [5.74, 6) is -0.370. The molecule has 1 amide bonds. The van der Waals surface area contributed by atoms with E-state index in [4.69, 9.17) is 11.6 Å². The summed E-state index contributed by atoms with van der Waals surface area (Å²) in [5, 5.41) is 7.16. The number of aromatic nitrogens is 4. The summed E-state index contributed by atoms with van der Waals surface area (Å²) >= 11 is 6.13. The lowest BCUT2D eigenvalue weighted by Crippen LogP contribution is -2.28. The van der Waals surface area contributed by atoms with Gasteiger partial charge in [0.25, 0.3) is 5.56 Å². The number of aryl methyl sites for hydroxylation is 2. The fourth-order valence-corrected chi connectivity index (χ4v) is 5.54. The van der Waals surface area contributed by atoms with Gasteiger partial charge in [0.1, 0.15) is 10.3 Å². The first-order chi connectivity index (χ1) is 14.8. The van der Waals surface area contributed by atoms with Crippen molar-refractivity contribution in [2.45, 2.75) is 30.7 Å². The number of anilines is 1. The highest BCUT2D eigenvalue weighted by atomic mass is 35.5. The molecule has 0 spiro atoms. The van der Waals surface area contributed by atoms with Crippen LogP contribution in [-0.2, 0) is 28.4 Å². The zero-order chi connectivity index (χ0) is 22.2. The summed E-state index contributed by atoms with van der Waals surface area (Å²) in [7, 11) is -2.03. The minimum atomic E-state index is -3.72. The van der Waals surface area contributed by atoms with Gasteiger partial charge in [0.05, 0.1) is 17.5 Å². The molecule has 1 aliphatic rings. The molecule has 0 radical (unpaired) electrons. The molecule has 31 heavy (non-hydrogen) atoms. The average molecular weight is 465 g/mol. The molecule has 0 unspecified atom stereocenters. The van der Waals surface area contributed by atoms with Gasteiger partial charge in [-0.1, -0.05) is 11.6 Å². The molecule has 2 aromatic heterocycles. The summed E-state index contributed by atoms with van der Waals surface area (Å²) in [6.07, 6.45) is 4.45. The number of sulfonamides is 1. The van der Waals surface area contributed by atoms with Gasteiger partial charge < -0.3 is 5.32 Å². The van der Waals surface area contributed by atoms with Crippen molar-refractivity contribution < 1.29 is 13.2 Å². The molecule has 0 bridgehead atoms. The average Bonchev–Trinajstić information content (AvgIpc) is 3.40. The van der Waals surface area contributed by atoms with Crippen LogP contribution in [-0.4, -0.2) is 51.1 Å². The van der Waals surface area contributed by atoms with Crippen LogP contribution in [0.3, 0.4) is 0 Å². The highest BCUT2D eigenvalue weighted by Gasteiger charge is 2.29. The molecule has 10 nitrogen and oxygen atoms in total. The number of benzene rings is 1. The predicted octanol–water partition coefficient (Wildman–Crippen LogP) is 1.60. The van der Waals surface area contributed by atoms with Crippen molar-refractivity contribution >= 4 is 44.3 Å². The molecule has 0 aliphatic carbocycles. The third-order valence-corrected chi connectivity index (χ3v) is 7.58. The van der Waals surface area contributed by atoms with E-state index in [2.05, 4.69) is 15.4 Å². The van der Waals surface area contributed by atoms with Gasteiger partial charge in [-0.3, -0.25) is 18.8 Å². The molecular formula is C19H21ClN6O4S. The van der Waals surface area contributed by atoms with Crippen LogP contribution in [0, 0.1) is 0 Å². The van der Waals surface area contributed by atoms with Crippen molar-refractivity contribution in [1.29, 1.82) is 0 Å². The first kappa shape index (κ1) is 21.5. The number of carbonyl (C=O) groups is 1. The minimum absolute atomic E-state index is 0.00416. The Hall–Kier alpha value is -2.76. The molecule has 0 saturated carbocycles. The van der Waals surface area contributed by atoms with Crippen molar-refractivity contribution in [2.75, 3.05) is 18.4 Å². The molecule has 3 heterocycles. The van der Waals surface area contributed by atoms with Crippen molar-refractivity contribution in [3.8, 4) is 0 Å². The Bertz CT molecular complexity index is 1310. The summed E-state index contributed by atoms with van der Waals surface area (Å²) in [6, 6.07) is 4.35. The summed E-state index contributed by atoms with van der Waals surface area (Å²) in [5.41, 5.74) is 0.510. The van der Waals surface area contributed by atoms with Crippen molar-refractivity contribution in [1.82, 2.24) is 23.6 Å². The number of hydrogen-bond acceptors (Lipinski definition) is 6. The maximum absolute atomic E-state index is 12.8. The van der Waals surface area contributed by atoms with Gasteiger partial charge in [-0.25, -0.2) is 13.4 Å². The number of amides is 1. The Balaban J connectivity index is 1.47. The monoisotopic (exact) mass is 464 g/mol. The standard InChI is InChI=1S/C19H21ClN6O4S/c1-24-18-14(11-22-24)19(28)25(12-21-18)9-6-17(27)23-13-4-5-15(20)16(10-13)31(29,30)26-7-2-3-8-26/h4-5,10-12H,2-3,6-9H2,1H3,(H,23,27). The van der Waals surface area contributed by atoms with E-state index in [0.29, 0.717) is 29.8 Å². The molecule has 1 aromatic carbocycles. The van der Waals surface area contributed by atoms with Gasteiger partial charge in [0, 0.05) is 38.8 Å². The molecule has 1 saturated heterocycles. The second-order valence-electron chi connectivity index (χ2n) is 7.30. The third kappa shape index (κ3) is 4.21. The maximum atomic E-state index is 12.8. The summed E-state index contributed by atoms with van der Waals surface area (Å²) < 4.78 is 29.9. The molecule has 164 valence electrons. The van der Waals surface area contributed by atoms with E-state index in [1.807, 2.05) is 0 Å². The summed E-state index contributed by atoms with van der Waals surface area (Å²) in [4.78, 5) is 29.1. The SMILES string of the molecule is Cn1ncc2c(=O)n(CCC(=O)Nc3ccc(Cl)c(S(=O)(=O)N4CCCC4)c3)cnc21. The molecule has 12 heteroatoms. The van der Waals surface area contributed by atoms with E-state index in [-0.39, 0.29) is 34.4 Å². The number of fused-ring (bicyclic) bond motifs is 1. The Labute approximate surface area is 183 Å². The van der Waals surface area contributed by atoms with E-state index in [9.17, 15) is 18.0 Å². The highest BCUT2D eigenvalue weighted by molar-refractivity contribution is 7.89. The molecule has 0 atom stereocenters. The Morgan fingerprint density at radius 1 is 1.26 bits per heavy atom. The Morgan fingerprint density at radius 2 is 2.00 bits per heavy atom. The van der Waals surface area contributed by atoms with Crippen LogP contribution in [0.4, 0.5) is 5.69 Å². The van der Waals surface area contributed by atoms with E-state index in [1.54, 1.807) is 13.1 Å². The van der Waals surface area contributed by atoms with Crippen LogP contribution < -0.4 is 10.9 Å². The van der Waals surface area contributed by atoms with Crippen LogP contribution in [0.25, 0.3) is 11.0 Å². The second-order valence-corrected chi connectivity index (χ2v) is 9.62. The number of halogens is 1. The topological polar surface area (TPSA) is 119 Å². The molecule has 1 aliphatic heterocycles. The smallest absolute Gasteiger partial charge is 0.264 e. The first-order valence-corrected chi connectivity index (χ1v) is 11.6. The Morgan fingerprint density at radius 3 is 2.74 bits per heavy atom. The first-order valence-electron chi connectivity index (χ1n) is 9.74. The van der Waals surface area contributed by atoms with Gasteiger partial charge in [-0.2, -0.15) is 9.40 Å². The third-order valence-electron chi connectivity index (χ3n) is 5.20. The van der Waals surface area contributed by atoms with Gasteiger partial charge >= 0.3 is 0 Å². The van der Waals surface area contributed by atoms with Gasteiger partial charge in [-0.05, 0) is 31.0 Å². The van der Waals surface area contributed by atoms with Gasteiger partial charge in [-0.15, -0.1) is 0 Å².